The summed E-state index contributed by atoms with van der Waals surface area (Å²) in [4.78, 5) is -0.423. The molecule has 1 aromatic rings. The average molecular weight is 422 g/mol. The van der Waals surface area contributed by atoms with E-state index in [1.54, 1.807) is 0 Å². The molecule has 0 bridgehead atoms. The van der Waals surface area contributed by atoms with Crippen LogP contribution >= 0.6 is 43.2 Å². The first kappa shape index (κ1) is 16.3. The molecule has 0 aliphatic heterocycles. The number of rotatable bonds is 2. The van der Waals surface area contributed by atoms with Gasteiger partial charge in [-0.05, 0) is 37.9 Å². The highest BCUT2D eigenvalue weighted by Crippen LogP contribution is 2.48. The SMILES string of the molecule is OC(c1cc(Br)c(Br)s1)C(C(F)(F)F)C(F)(F)F. The van der Waals surface area contributed by atoms with Crippen molar-refractivity contribution in [3.05, 3.63) is 19.2 Å². The predicted octanol–water partition coefficient (Wildman–Crippen LogP) is 5.05. The molecule has 1 heterocycles. The molecule has 0 aliphatic carbocycles. The Bertz CT molecular complexity index is 393. The van der Waals surface area contributed by atoms with Crippen LogP contribution in [0.15, 0.2) is 14.3 Å². The summed E-state index contributed by atoms with van der Waals surface area (Å²) < 4.78 is 74.8. The molecule has 0 saturated heterocycles. The van der Waals surface area contributed by atoms with Crippen LogP contribution in [0.2, 0.25) is 0 Å². The van der Waals surface area contributed by atoms with Gasteiger partial charge in [-0.2, -0.15) is 26.3 Å². The number of thiophene rings is 1. The second-order valence-electron chi connectivity index (χ2n) is 3.28. The molecule has 10 heteroatoms. The van der Waals surface area contributed by atoms with Crippen LogP contribution in [0.25, 0.3) is 0 Å². The van der Waals surface area contributed by atoms with Gasteiger partial charge in [0.05, 0.1) is 3.79 Å². The van der Waals surface area contributed by atoms with Crippen molar-refractivity contribution < 1.29 is 31.4 Å². The first-order valence-electron chi connectivity index (χ1n) is 4.21. The third kappa shape index (κ3) is 3.61. The summed E-state index contributed by atoms with van der Waals surface area (Å²) in [6.45, 7) is 0. The highest BCUT2D eigenvalue weighted by Gasteiger charge is 2.60. The normalized spacial score (nSPS) is 15.2. The van der Waals surface area contributed by atoms with E-state index in [0.717, 1.165) is 6.07 Å². The van der Waals surface area contributed by atoms with Gasteiger partial charge >= 0.3 is 12.4 Å². The molecule has 0 aliphatic rings. The van der Waals surface area contributed by atoms with Crippen LogP contribution in [0, 0.1) is 5.92 Å². The van der Waals surface area contributed by atoms with E-state index in [1.165, 1.54) is 0 Å². The first-order valence-corrected chi connectivity index (χ1v) is 6.61. The summed E-state index contributed by atoms with van der Waals surface area (Å²) in [6.07, 6.45) is -13.8. The van der Waals surface area contributed by atoms with Gasteiger partial charge in [-0.25, -0.2) is 0 Å². The van der Waals surface area contributed by atoms with Gasteiger partial charge in [-0.1, -0.05) is 0 Å². The van der Waals surface area contributed by atoms with Crippen molar-refractivity contribution in [1.82, 2.24) is 0 Å². The van der Waals surface area contributed by atoms with E-state index in [4.69, 9.17) is 0 Å². The summed E-state index contributed by atoms with van der Waals surface area (Å²) in [6, 6.07) is 1.02. The minimum atomic E-state index is -5.57. The lowest BCUT2D eigenvalue weighted by Crippen LogP contribution is -2.40. The van der Waals surface area contributed by atoms with Crippen LogP contribution < -0.4 is 0 Å². The van der Waals surface area contributed by atoms with Gasteiger partial charge < -0.3 is 5.11 Å². The standard InChI is InChI=1S/C8H4Br2F6OS/c9-2-1-3(18-6(2)10)4(17)5(7(11,12)13)8(14,15)16/h1,4-5,17H. The molecule has 1 N–H and O–H groups in total. The van der Waals surface area contributed by atoms with Crippen LogP contribution in [0.5, 0.6) is 0 Å². The lowest BCUT2D eigenvalue weighted by Gasteiger charge is -2.26. The molecule has 0 spiro atoms. The Morgan fingerprint density at radius 3 is 1.78 bits per heavy atom. The Labute approximate surface area is 118 Å². The van der Waals surface area contributed by atoms with Gasteiger partial charge in [-0.15, -0.1) is 11.3 Å². The maximum Gasteiger partial charge on any atom is 0.403 e. The quantitative estimate of drug-likeness (QED) is 0.662. The number of alkyl halides is 6. The van der Waals surface area contributed by atoms with Crippen molar-refractivity contribution in [3.63, 3.8) is 0 Å². The minimum absolute atomic E-state index is 0.282. The zero-order valence-corrected chi connectivity index (χ0v) is 12.1. The third-order valence-electron chi connectivity index (χ3n) is 1.98. The van der Waals surface area contributed by atoms with Crippen molar-refractivity contribution in [2.45, 2.75) is 18.5 Å². The van der Waals surface area contributed by atoms with E-state index in [9.17, 15) is 31.4 Å². The fraction of sp³-hybridized carbons (Fsp3) is 0.500. The third-order valence-corrected chi connectivity index (χ3v) is 5.30. The Balaban J connectivity index is 3.15. The van der Waals surface area contributed by atoms with Crippen LogP contribution in [0.3, 0.4) is 0 Å². The summed E-state index contributed by atoms with van der Waals surface area (Å²) in [7, 11) is 0. The molecule has 0 amide bonds. The Hall–Kier alpha value is 0.200. The van der Waals surface area contributed by atoms with Gasteiger partial charge in [0.1, 0.15) is 6.10 Å². The van der Waals surface area contributed by atoms with Gasteiger partial charge in [0.25, 0.3) is 0 Å². The van der Waals surface area contributed by atoms with Gasteiger partial charge in [0, 0.05) is 9.35 Å². The van der Waals surface area contributed by atoms with Gasteiger partial charge in [0.2, 0.25) is 0 Å². The van der Waals surface area contributed by atoms with Crippen molar-refractivity contribution in [1.29, 1.82) is 0 Å². The number of aliphatic hydroxyl groups is 1. The number of halogens is 8. The largest absolute Gasteiger partial charge is 0.403 e. The summed E-state index contributed by atoms with van der Waals surface area (Å²) >= 11 is 6.46. The number of aliphatic hydroxyl groups excluding tert-OH is 1. The van der Waals surface area contributed by atoms with E-state index in [-0.39, 0.29) is 4.47 Å². The van der Waals surface area contributed by atoms with Crippen molar-refractivity contribution in [3.8, 4) is 0 Å². The van der Waals surface area contributed by atoms with Gasteiger partial charge in [-0.3, -0.25) is 0 Å². The van der Waals surface area contributed by atoms with E-state index < -0.39 is 29.3 Å². The van der Waals surface area contributed by atoms with Crippen LogP contribution in [0.4, 0.5) is 26.3 Å². The second kappa shape index (κ2) is 5.29. The molecule has 0 saturated carbocycles. The molecular formula is C8H4Br2F6OS. The average Bonchev–Trinajstić information content (AvgIpc) is 2.41. The molecule has 0 aromatic carbocycles. The monoisotopic (exact) mass is 420 g/mol. The summed E-state index contributed by atoms with van der Waals surface area (Å²) in [5, 5.41) is 9.32. The summed E-state index contributed by atoms with van der Waals surface area (Å²) in [5.74, 6) is -3.80. The Morgan fingerprint density at radius 2 is 1.50 bits per heavy atom. The molecular weight excluding hydrogens is 418 g/mol. The molecule has 104 valence electrons. The lowest BCUT2D eigenvalue weighted by molar-refractivity contribution is -0.307. The minimum Gasteiger partial charge on any atom is -0.387 e. The fourth-order valence-corrected chi connectivity index (χ4v) is 3.33. The van der Waals surface area contributed by atoms with Crippen LogP contribution in [-0.4, -0.2) is 17.5 Å². The van der Waals surface area contributed by atoms with Crippen molar-refractivity contribution in [2.75, 3.05) is 0 Å². The molecule has 1 rings (SSSR count). The topological polar surface area (TPSA) is 20.2 Å². The van der Waals surface area contributed by atoms with Crippen LogP contribution in [-0.2, 0) is 0 Å². The Morgan fingerprint density at radius 1 is 1.06 bits per heavy atom. The first-order chi connectivity index (χ1) is 7.94. The molecule has 0 radical (unpaired) electrons. The smallest absolute Gasteiger partial charge is 0.387 e. The fourth-order valence-electron chi connectivity index (χ4n) is 1.22. The van der Waals surface area contributed by atoms with E-state index in [2.05, 4.69) is 31.9 Å². The highest BCUT2D eigenvalue weighted by atomic mass is 79.9. The highest BCUT2D eigenvalue weighted by molar-refractivity contribution is 9.13. The zero-order chi connectivity index (χ0) is 14.3. The summed E-state index contributed by atoms with van der Waals surface area (Å²) in [5.41, 5.74) is 0. The van der Waals surface area contributed by atoms with Gasteiger partial charge in [0.15, 0.2) is 5.92 Å². The van der Waals surface area contributed by atoms with Crippen LogP contribution in [0.1, 0.15) is 11.0 Å². The maximum atomic E-state index is 12.4. The molecule has 1 aromatic heterocycles. The zero-order valence-electron chi connectivity index (χ0n) is 8.11. The lowest BCUT2D eigenvalue weighted by atomic mass is 10.00. The molecule has 1 unspecified atom stereocenters. The molecule has 18 heavy (non-hydrogen) atoms. The molecule has 1 nitrogen and oxygen atoms in total. The van der Waals surface area contributed by atoms with E-state index >= 15 is 0 Å². The maximum absolute atomic E-state index is 12.4. The predicted molar refractivity (Wildman–Crippen MR) is 60.3 cm³/mol. The van der Waals surface area contributed by atoms with E-state index in [1.807, 2.05) is 0 Å². The number of hydrogen-bond acceptors (Lipinski definition) is 2. The van der Waals surface area contributed by atoms with Crippen molar-refractivity contribution >= 4 is 43.2 Å². The van der Waals surface area contributed by atoms with Crippen molar-refractivity contribution in [2.24, 2.45) is 5.92 Å². The van der Waals surface area contributed by atoms with E-state index in [0.29, 0.717) is 15.1 Å². The Kier molecular flexibility index (Phi) is 4.78. The number of hydrogen-bond donors (Lipinski definition) is 1. The molecule has 1 atom stereocenters. The molecule has 0 fully saturated rings. The second-order valence-corrected chi connectivity index (χ2v) is 6.53.